The number of thioether (sulfide) groups is 1. The van der Waals surface area contributed by atoms with Gasteiger partial charge in [-0.15, -0.1) is 11.8 Å². The van der Waals surface area contributed by atoms with Crippen LogP contribution in [0.4, 0.5) is 0 Å². The molecule has 0 bridgehead atoms. The maximum absolute atomic E-state index is 6.17. The van der Waals surface area contributed by atoms with Crippen molar-refractivity contribution in [1.82, 2.24) is 10.6 Å². The van der Waals surface area contributed by atoms with E-state index < -0.39 is 0 Å². The van der Waals surface area contributed by atoms with Gasteiger partial charge in [0.25, 0.3) is 0 Å². The zero-order chi connectivity index (χ0) is 16.1. The highest BCUT2D eigenvalue weighted by Crippen LogP contribution is 2.26. The highest BCUT2D eigenvalue weighted by molar-refractivity contribution is 7.98. The van der Waals surface area contributed by atoms with Crippen LogP contribution in [0.15, 0.2) is 53.4 Å². The van der Waals surface area contributed by atoms with Crippen LogP contribution in [0.3, 0.4) is 0 Å². The Morgan fingerprint density at radius 1 is 1.22 bits per heavy atom. The summed E-state index contributed by atoms with van der Waals surface area (Å²) in [6, 6.07) is 17.7. The molecule has 2 aromatic rings. The molecule has 2 atom stereocenters. The van der Waals surface area contributed by atoms with Gasteiger partial charge in [0.2, 0.25) is 0 Å². The van der Waals surface area contributed by atoms with E-state index in [1.54, 1.807) is 11.8 Å². The third kappa shape index (κ3) is 4.30. The van der Waals surface area contributed by atoms with Crippen LogP contribution in [0, 0.1) is 0 Å². The van der Waals surface area contributed by atoms with Crippen LogP contribution in [-0.4, -0.2) is 18.8 Å². The summed E-state index contributed by atoms with van der Waals surface area (Å²) >= 11 is 7.94. The van der Waals surface area contributed by atoms with Gasteiger partial charge in [0.05, 0.1) is 0 Å². The molecule has 2 nitrogen and oxygen atoms in total. The molecule has 1 saturated heterocycles. The fourth-order valence-electron chi connectivity index (χ4n) is 3.25. The fraction of sp³-hybridized carbons (Fsp3) is 0.368. The normalized spacial score (nSPS) is 21.3. The average molecular weight is 347 g/mol. The quantitative estimate of drug-likeness (QED) is 0.771. The van der Waals surface area contributed by atoms with E-state index in [4.69, 9.17) is 11.6 Å². The molecule has 1 fully saturated rings. The van der Waals surface area contributed by atoms with Crippen molar-refractivity contribution in [3.63, 3.8) is 0 Å². The zero-order valence-corrected chi connectivity index (χ0v) is 15.0. The van der Waals surface area contributed by atoms with Crippen molar-refractivity contribution >= 4 is 23.4 Å². The van der Waals surface area contributed by atoms with E-state index in [-0.39, 0.29) is 0 Å². The lowest BCUT2D eigenvalue weighted by atomic mass is 9.92. The monoisotopic (exact) mass is 346 g/mol. The number of halogens is 1. The second kappa shape index (κ2) is 8.20. The van der Waals surface area contributed by atoms with Crippen molar-refractivity contribution in [2.24, 2.45) is 0 Å². The van der Waals surface area contributed by atoms with Crippen molar-refractivity contribution < 1.29 is 0 Å². The van der Waals surface area contributed by atoms with Gasteiger partial charge in [0, 0.05) is 28.5 Å². The smallest absolute Gasteiger partial charge is 0.0476 e. The Kier molecular flexibility index (Phi) is 6.01. The molecular formula is C19H23ClN2S. The van der Waals surface area contributed by atoms with Crippen molar-refractivity contribution in [1.29, 1.82) is 0 Å². The van der Waals surface area contributed by atoms with Crippen molar-refractivity contribution in [3.05, 3.63) is 64.7 Å². The first-order valence-corrected chi connectivity index (χ1v) is 9.72. The Bertz CT molecular complexity index is 633. The third-order valence-corrected chi connectivity index (χ3v) is 5.49. The maximum Gasteiger partial charge on any atom is 0.0476 e. The zero-order valence-electron chi connectivity index (χ0n) is 13.4. The van der Waals surface area contributed by atoms with Crippen LogP contribution < -0.4 is 10.6 Å². The first-order valence-electron chi connectivity index (χ1n) is 8.12. The molecule has 1 aliphatic heterocycles. The van der Waals surface area contributed by atoms with Gasteiger partial charge < -0.3 is 10.6 Å². The third-order valence-electron chi connectivity index (χ3n) is 4.41. The van der Waals surface area contributed by atoms with Crippen LogP contribution >= 0.6 is 23.4 Å². The van der Waals surface area contributed by atoms with Gasteiger partial charge in [0.1, 0.15) is 0 Å². The summed E-state index contributed by atoms with van der Waals surface area (Å²) in [4.78, 5) is 1.29. The van der Waals surface area contributed by atoms with Gasteiger partial charge in [-0.3, -0.25) is 0 Å². The van der Waals surface area contributed by atoms with Crippen LogP contribution in [0.5, 0.6) is 0 Å². The molecule has 1 aliphatic rings. The van der Waals surface area contributed by atoms with Gasteiger partial charge in [0.15, 0.2) is 0 Å². The number of benzene rings is 2. The molecule has 0 unspecified atom stereocenters. The van der Waals surface area contributed by atoms with Crippen LogP contribution in [-0.2, 0) is 6.54 Å². The van der Waals surface area contributed by atoms with Gasteiger partial charge in [-0.1, -0.05) is 41.9 Å². The molecule has 0 saturated carbocycles. The number of nitrogens with one attached hydrogen (secondary N) is 2. The van der Waals surface area contributed by atoms with Crippen molar-refractivity contribution in [2.45, 2.75) is 36.4 Å². The number of hydrogen-bond donors (Lipinski definition) is 2. The second-order valence-corrected chi connectivity index (χ2v) is 7.21. The topological polar surface area (TPSA) is 24.1 Å². The number of rotatable bonds is 5. The molecule has 0 spiro atoms. The lowest BCUT2D eigenvalue weighted by Gasteiger charge is -2.34. The minimum absolute atomic E-state index is 0.377. The molecule has 0 aliphatic carbocycles. The number of hydrogen-bond acceptors (Lipinski definition) is 3. The standard InChI is InChI=1S/C19H23ClN2S/c1-23-18-10-9-16(20)12-15(18)13-22-17-8-5-11-21-19(17)14-6-3-2-4-7-14/h2-4,6-7,9-10,12,17,19,21-22H,5,8,11,13H2,1H3/t17-,19-/m1/s1. The van der Waals surface area contributed by atoms with Crippen LogP contribution in [0.25, 0.3) is 0 Å². The SMILES string of the molecule is CSc1ccc(Cl)cc1CN[C@@H]1CCCN[C@@H]1c1ccccc1. The first kappa shape index (κ1) is 16.8. The minimum atomic E-state index is 0.377. The van der Waals surface area contributed by atoms with E-state index in [0.29, 0.717) is 12.1 Å². The van der Waals surface area contributed by atoms with Gasteiger partial charge in [-0.05, 0) is 55.0 Å². The molecule has 1 heterocycles. The predicted molar refractivity (Wildman–Crippen MR) is 100 cm³/mol. The lowest BCUT2D eigenvalue weighted by Crippen LogP contribution is -2.45. The summed E-state index contributed by atoms with van der Waals surface area (Å²) in [6.07, 6.45) is 4.52. The molecule has 0 amide bonds. The molecule has 3 rings (SSSR count). The van der Waals surface area contributed by atoms with E-state index >= 15 is 0 Å². The van der Waals surface area contributed by atoms with Gasteiger partial charge >= 0.3 is 0 Å². The van der Waals surface area contributed by atoms with Crippen LogP contribution in [0.2, 0.25) is 5.02 Å². The van der Waals surface area contributed by atoms with E-state index in [2.05, 4.69) is 59.4 Å². The molecule has 2 N–H and O–H groups in total. The van der Waals surface area contributed by atoms with Gasteiger partial charge in [-0.25, -0.2) is 0 Å². The molecule has 4 heteroatoms. The summed E-state index contributed by atoms with van der Waals surface area (Å²) in [5.41, 5.74) is 2.64. The van der Waals surface area contributed by atoms with E-state index in [1.807, 2.05) is 6.07 Å². The highest BCUT2D eigenvalue weighted by atomic mass is 35.5. The van der Waals surface area contributed by atoms with Crippen molar-refractivity contribution in [2.75, 3.05) is 12.8 Å². The average Bonchev–Trinajstić information content (AvgIpc) is 2.61. The molecular weight excluding hydrogens is 324 g/mol. The first-order chi connectivity index (χ1) is 11.3. The number of piperidine rings is 1. The molecule has 0 radical (unpaired) electrons. The van der Waals surface area contributed by atoms with E-state index in [0.717, 1.165) is 18.1 Å². The molecule has 2 aromatic carbocycles. The van der Waals surface area contributed by atoms with E-state index in [1.165, 1.54) is 28.9 Å². The predicted octanol–water partition coefficient (Wildman–Crippen LogP) is 4.64. The summed E-state index contributed by atoms with van der Waals surface area (Å²) in [6.45, 7) is 1.94. The summed E-state index contributed by atoms with van der Waals surface area (Å²) in [5.74, 6) is 0. The molecule has 23 heavy (non-hydrogen) atoms. The molecule has 122 valence electrons. The largest absolute Gasteiger partial charge is 0.309 e. The Morgan fingerprint density at radius 2 is 2.04 bits per heavy atom. The second-order valence-electron chi connectivity index (χ2n) is 5.93. The molecule has 0 aromatic heterocycles. The lowest BCUT2D eigenvalue weighted by molar-refractivity contribution is 0.304. The van der Waals surface area contributed by atoms with Crippen LogP contribution in [0.1, 0.15) is 30.0 Å². The fourth-order valence-corrected chi connectivity index (χ4v) is 4.04. The Balaban J connectivity index is 1.72. The summed E-state index contributed by atoms with van der Waals surface area (Å²) in [7, 11) is 0. The minimum Gasteiger partial charge on any atom is -0.309 e. The Hall–Kier alpha value is -1.00. The Morgan fingerprint density at radius 3 is 2.83 bits per heavy atom. The maximum atomic E-state index is 6.17. The van der Waals surface area contributed by atoms with Gasteiger partial charge in [-0.2, -0.15) is 0 Å². The van der Waals surface area contributed by atoms with E-state index in [9.17, 15) is 0 Å². The Labute approximate surface area is 148 Å². The van der Waals surface area contributed by atoms with Crippen molar-refractivity contribution in [3.8, 4) is 0 Å². The highest BCUT2D eigenvalue weighted by Gasteiger charge is 2.25. The summed E-state index contributed by atoms with van der Waals surface area (Å²) < 4.78 is 0. The summed E-state index contributed by atoms with van der Waals surface area (Å²) in [5, 5.41) is 8.23.